The molecule has 1 aliphatic heterocycles. The molecule has 0 aliphatic carbocycles. The Morgan fingerprint density at radius 3 is 2.57 bits per heavy atom. The largest absolute Gasteiger partial charge is 0.493 e. The smallest absolute Gasteiger partial charge is 0.339 e. The van der Waals surface area contributed by atoms with E-state index >= 15 is 0 Å². The first-order valence-corrected chi connectivity index (χ1v) is 10.4. The molecule has 0 N–H and O–H groups in total. The maximum absolute atomic E-state index is 12.9. The maximum atomic E-state index is 12.9. The van der Waals surface area contributed by atoms with Crippen LogP contribution in [0.2, 0.25) is 0 Å². The van der Waals surface area contributed by atoms with Crippen molar-refractivity contribution in [2.24, 2.45) is 0 Å². The summed E-state index contributed by atoms with van der Waals surface area (Å²) in [6.45, 7) is 14.7. The molecule has 0 bridgehead atoms. The molecule has 0 saturated heterocycles. The summed E-state index contributed by atoms with van der Waals surface area (Å²) in [5, 5.41) is 0. The second-order valence-electron chi connectivity index (χ2n) is 8.76. The zero-order chi connectivity index (χ0) is 22.1. The SMILES string of the molecule is C=Cc1ccc(C)c(C(OC(C)(C)C)C(=O)OC)c1-c1ccc2c(c1C)CCCO2. The second kappa shape index (κ2) is 8.65. The van der Waals surface area contributed by atoms with Crippen LogP contribution >= 0.6 is 0 Å². The topological polar surface area (TPSA) is 44.8 Å². The fraction of sp³-hybridized carbons (Fsp3) is 0.423. The van der Waals surface area contributed by atoms with Crippen molar-refractivity contribution in [3.05, 3.63) is 58.7 Å². The number of hydrogen-bond donors (Lipinski definition) is 0. The maximum Gasteiger partial charge on any atom is 0.339 e. The second-order valence-corrected chi connectivity index (χ2v) is 8.76. The molecule has 1 heterocycles. The first-order valence-electron chi connectivity index (χ1n) is 10.4. The molecule has 0 radical (unpaired) electrons. The van der Waals surface area contributed by atoms with Crippen LogP contribution in [0.4, 0.5) is 0 Å². The molecule has 0 fully saturated rings. The first-order chi connectivity index (χ1) is 14.2. The van der Waals surface area contributed by atoms with E-state index in [-0.39, 0.29) is 0 Å². The Morgan fingerprint density at radius 2 is 1.93 bits per heavy atom. The molecule has 0 amide bonds. The molecule has 2 aromatic rings. The molecule has 0 saturated carbocycles. The Balaban J connectivity index is 2.31. The highest BCUT2D eigenvalue weighted by Crippen LogP contribution is 2.42. The highest BCUT2D eigenvalue weighted by Gasteiger charge is 2.33. The summed E-state index contributed by atoms with van der Waals surface area (Å²) < 4.78 is 17.2. The molecule has 30 heavy (non-hydrogen) atoms. The van der Waals surface area contributed by atoms with E-state index in [9.17, 15) is 4.79 Å². The standard InChI is InChI=1S/C26H32O4/c1-8-18-12-11-16(2)22(24(25(27)28-7)30-26(4,5)6)23(18)20-13-14-21-19(17(20)3)10-9-15-29-21/h8,11-14,24H,1,9-10,15H2,2-7H3. The van der Waals surface area contributed by atoms with Crippen molar-refractivity contribution in [1.29, 1.82) is 0 Å². The Labute approximate surface area is 179 Å². The van der Waals surface area contributed by atoms with Gasteiger partial charge in [-0.25, -0.2) is 4.79 Å². The summed E-state index contributed by atoms with van der Waals surface area (Å²) in [7, 11) is 1.40. The lowest BCUT2D eigenvalue weighted by Gasteiger charge is -2.30. The minimum atomic E-state index is -0.836. The Kier molecular flexibility index (Phi) is 6.37. The summed E-state index contributed by atoms with van der Waals surface area (Å²) in [6.07, 6.45) is 2.98. The minimum Gasteiger partial charge on any atom is -0.493 e. The number of fused-ring (bicyclic) bond motifs is 1. The number of benzene rings is 2. The van der Waals surface area contributed by atoms with Gasteiger partial charge in [0.05, 0.1) is 19.3 Å². The summed E-state index contributed by atoms with van der Waals surface area (Å²) in [5.74, 6) is 0.543. The van der Waals surface area contributed by atoms with E-state index in [0.29, 0.717) is 0 Å². The van der Waals surface area contributed by atoms with Gasteiger partial charge in [0.1, 0.15) is 5.75 Å². The van der Waals surface area contributed by atoms with Crippen LogP contribution in [0, 0.1) is 13.8 Å². The van der Waals surface area contributed by atoms with Crippen LogP contribution in [-0.2, 0) is 20.7 Å². The lowest BCUT2D eigenvalue weighted by Crippen LogP contribution is -2.29. The molecule has 1 unspecified atom stereocenters. The van der Waals surface area contributed by atoms with Crippen molar-refractivity contribution in [3.8, 4) is 16.9 Å². The molecule has 0 spiro atoms. The van der Waals surface area contributed by atoms with Crippen LogP contribution in [0.3, 0.4) is 0 Å². The summed E-state index contributed by atoms with van der Waals surface area (Å²) >= 11 is 0. The van der Waals surface area contributed by atoms with Gasteiger partial charge in [0.25, 0.3) is 0 Å². The summed E-state index contributed by atoms with van der Waals surface area (Å²) in [5.41, 5.74) is 6.68. The van der Waals surface area contributed by atoms with Crippen molar-refractivity contribution in [2.45, 2.75) is 59.2 Å². The number of esters is 1. The summed E-state index contributed by atoms with van der Waals surface area (Å²) in [4.78, 5) is 12.9. The van der Waals surface area contributed by atoms with Crippen LogP contribution in [0.1, 0.15) is 61.1 Å². The van der Waals surface area contributed by atoms with Crippen LogP contribution in [-0.4, -0.2) is 25.3 Å². The number of methoxy groups -OCH3 is 1. The van der Waals surface area contributed by atoms with Crippen LogP contribution in [0.5, 0.6) is 5.75 Å². The van der Waals surface area contributed by atoms with Gasteiger partial charge in [-0.3, -0.25) is 0 Å². The summed E-state index contributed by atoms with van der Waals surface area (Å²) in [6, 6.07) is 8.17. The molecular weight excluding hydrogens is 376 g/mol. The van der Waals surface area contributed by atoms with Gasteiger partial charge >= 0.3 is 5.97 Å². The van der Waals surface area contributed by atoms with Crippen molar-refractivity contribution in [1.82, 2.24) is 0 Å². The predicted octanol–water partition coefficient (Wildman–Crippen LogP) is 5.97. The predicted molar refractivity (Wildman–Crippen MR) is 121 cm³/mol. The normalized spacial score (nSPS) is 14.5. The van der Waals surface area contributed by atoms with E-state index in [1.807, 2.05) is 52.0 Å². The van der Waals surface area contributed by atoms with E-state index in [1.54, 1.807) is 0 Å². The highest BCUT2D eigenvalue weighted by atomic mass is 16.6. The van der Waals surface area contributed by atoms with Gasteiger partial charge in [-0.2, -0.15) is 0 Å². The lowest BCUT2D eigenvalue weighted by molar-refractivity contribution is -0.164. The number of rotatable bonds is 5. The third-order valence-electron chi connectivity index (χ3n) is 5.52. The van der Waals surface area contributed by atoms with Crippen molar-refractivity contribution in [2.75, 3.05) is 13.7 Å². The van der Waals surface area contributed by atoms with Crippen LogP contribution in [0.15, 0.2) is 30.8 Å². The van der Waals surface area contributed by atoms with Gasteiger partial charge in [0.2, 0.25) is 0 Å². The van der Waals surface area contributed by atoms with Gasteiger partial charge in [-0.1, -0.05) is 30.9 Å². The average molecular weight is 409 g/mol. The number of carbonyl (C=O) groups is 1. The monoisotopic (exact) mass is 408 g/mol. The van der Waals surface area contributed by atoms with Gasteiger partial charge in [0.15, 0.2) is 6.10 Å². The average Bonchev–Trinajstić information content (AvgIpc) is 2.71. The zero-order valence-electron chi connectivity index (χ0n) is 18.9. The van der Waals surface area contributed by atoms with Gasteiger partial charge in [-0.15, -0.1) is 0 Å². The van der Waals surface area contributed by atoms with Crippen molar-refractivity contribution in [3.63, 3.8) is 0 Å². The number of ether oxygens (including phenoxy) is 3. The third kappa shape index (κ3) is 4.29. The highest BCUT2D eigenvalue weighted by molar-refractivity contribution is 5.87. The van der Waals surface area contributed by atoms with Gasteiger partial charge < -0.3 is 14.2 Å². The first kappa shape index (κ1) is 22.1. The fourth-order valence-electron chi connectivity index (χ4n) is 4.11. The Hall–Kier alpha value is -2.59. The quantitative estimate of drug-likeness (QED) is 0.572. The van der Waals surface area contributed by atoms with E-state index in [2.05, 4.69) is 19.6 Å². The molecule has 1 atom stereocenters. The van der Waals surface area contributed by atoms with E-state index in [4.69, 9.17) is 14.2 Å². The van der Waals surface area contributed by atoms with Gasteiger partial charge in [-0.05, 0) is 86.9 Å². The minimum absolute atomic E-state index is 0.408. The van der Waals surface area contributed by atoms with Crippen molar-refractivity contribution >= 4 is 12.0 Å². The number of hydrogen-bond acceptors (Lipinski definition) is 4. The Bertz CT molecular complexity index is 966. The Morgan fingerprint density at radius 1 is 1.20 bits per heavy atom. The number of aryl methyl sites for hydroxylation is 1. The van der Waals surface area contributed by atoms with Crippen LogP contribution < -0.4 is 4.74 Å². The molecule has 3 rings (SSSR count). The third-order valence-corrected chi connectivity index (χ3v) is 5.52. The van der Waals surface area contributed by atoms with Gasteiger partial charge in [0, 0.05) is 5.56 Å². The molecular formula is C26H32O4. The molecule has 4 nitrogen and oxygen atoms in total. The number of carbonyl (C=O) groups excluding carboxylic acids is 1. The van der Waals surface area contributed by atoms with E-state index in [0.717, 1.165) is 53.0 Å². The molecule has 0 aromatic heterocycles. The van der Waals surface area contributed by atoms with Crippen LogP contribution in [0.25, 0.3) is 17.2 Å². The molecule has 4 heteroatoms. The van der Waals surface area contributed by atoms with E-state index < -0.39 is 17.7 Å². The zero-order valence-corrected chi connectivity index (χ0v) is 18.9. The fourth-order valence-corrected chi connectivity index (χ4v) is 4.11. The lowest BCUT2D eigenvalue weighted by atomic mass is 9.84. The van der Waals surface area contributed by atoms with Crippen molar-refractivity contribution < 1.29 is 19.0 Å². The molecule has 160 valence electrons. The molecule has 2 aromatic carbocycles. The molecule has 1 aliphatic rings. The van der Waals surface area contributed by atoms with E-state index in [1.165, 1.54) is 18.2 Å².